The normalized spacial score (nSPS) is 14.5. The van der Waals surface area contributed by atoms with E-state index in [9.17, 15) is 4.57 Å². The number of benzene rings is 2. The Bertz CT molecular complexity index is 1460. The van der Waals surface area contributed by atoms with E-state index in [0.717, 1.165) is 42.5 Å². The molecule has 1 aliphatic rings. The van der Waals surface area contributed by atoms with Crippen molar-refractivity contribution in [3.05, 3.63) is 65.0 Å². The molecule has 4 aromatic rings. The van der Waals surface area contributed by atoms with Crippen molar-refractivity contribution in [2.45, 2.75) is 26.7 Å². The molecular weight excluding hydrogens is 455 g/mol. The molecule has 180 valence electrons. The molecule has 0 amide bonds. The van der Waals surface area contributed by atoms with Gasteiger partial charge in [0.2, 0.25) is 5.95 Å². The van der Waals surface area contributed by atoms with Gasteiger partial charge in [0.1, 0.15) is 13.0 Å². The van der Waals surface area contributed by atoms with Gasteiger partial charge in [-0.05, 0) is 87.1 Å². The Labute approximate surface area is 206 Å². The van der Waals surface area contributed by atoms with Gasteiger partial charge in [-0.25, -0.2) is 4.98 Å². The molecule has 35 heavy (non-hydrogen) atoms. The van der Waals surface area contributed by atoms with E-state index < -0.39 is 7.14 Å². The molecule has 0 unspecified atom stereocenters. The number of nitrogen functional groups attached to an aromatic ring is 1. The second-order valence-electron chi connectivity index (χ2n) is 9.59. The second-order valence-corrected chi connectivity index (χ2v) is 12.8. The van der Waals surface area contributed by atoms with Crippen molar-refractivity contribution < 1.29 is 4.57 Å². The molecule has 8 heteroatoms. The standard InChI is InChI=1S/C27H31N6OP/c1-18-8-7-9-19(2)22(18)14-15-23-29-24-25(28)30-27(32-16-5-6-17-32)31-26(24)33(23)20-10-12-21(13-11-20)35(3,4)34/h7-15H,5-6,16-17H2,1-4H3,(H2,28,30,31)/b15-14+. The number of rotatable bonds is 5. The van der Waals surface area contributed by atoms with Crippen LogP contribution in [0.4, 0.5) is 11.8 Å². The third-order valence-corrected chi connectivity index (χ3v) is 8.15. The van der Waals surface area contributed by atoms with Gasteiger partial charge < -0.3 is 15.2 Å². The quantitative estimate of drug-likeness (QED) is 0.398. The Hall–Kier alpha value is -3.44. The Morgan fingerprint density at radius 1 is 0.914 bits per heavy atom. The largest absolute Gasteiger partial charge is 0.382 e. The summed E-state index contributed by atoms with van der Waals surface area (Å²) in [6, 6.07) is 14.1. The number of aromatic nitrogens is 4. The molecule has 0 atom stereocenters. The number of hydrogen-bond acceptors (Lipinski definition) is 6. The molecule has 2 aromatic carbocycles. The fourth-order valence-corrected chi connectivity index (χ4v) is 5.48. The lowest BCUT2D eigenvalue weighted by Gasteiger charge is -2.16. The minimum Gasteiger partial charge on any atom is -0.382 e. The molecule has 0 radical (unpaired) electrons. The highest BCUT2D eigenvalue weighted by atomic mass is 31.2. The molecule has 3 heterocycles. The van der Waals surface area contributed by atoms with Crippen molar-refractivity contribution in [2.75, 3.05) is 37.1 Å². The van der Waals surface area contributed by atoms with E-state index in [0.29, 0.717) is 28.8 Å². The molecule has 5 rings (SSSR count). The Morgan fingerprint density at radius 2 is 1.57 bits per heavy atom. The summed E-state index contributed by atoms with van der Waals surface area (Å²) in [6.07, 6.45) is 6.35. The van der Waals surface area contributed by atoms with E-state index in [1.807, 2.05) is 34.9 Å². The highest BCUT2D eigenvalue weighted by Crippen LogP contribution is 2.35. The average Bonchev–Trinajstić information content (AvgIpc) is 3.47. The molecule has 1 fully saturated rings. The summed E-state index contributed by atoms with van der Waals surface area (Å²) in [7, 11) is -2.36. The number of hydrogen-bond donors (Lipinski definition) is 1. The maximum atomic E-state index is 12.6. The highest BCUT2D eigenvalue weighted by Gasteiger charge is 2.21. The third-order valence-electron chi connectivity index (χ3n) is 6.61. The van der Waals surface area contributed by atoms with Gasteiger partial charge in [0.05, 0.1) is 0 Å². The Morgan fingerprint density at radius 3 is 2.20 bits per heavy atom. The average molecular weight is 487 g/mol. The maximum Gasteiger partial charge on any atom is 0.229 e. The molecule has 2 aromatic heterocycles. The number of aryl methyl sites for hydroxylation is 2. The summed E-state index contributed by atoms with van der Waals surface area (Å²) in [4.78, 5) is 16.5. The van der Waals surface area contributed by atoms with Gasteiger partial charge in [-0.1, -0.05) is 24.3 Å². The van der Waals surface area contributed by atoms with Crippen LogP contribution >= 0.6 is 7.14 Å². The number of nitrogens with two attached hydrogens (primary N) is 1. The first-order valence-electron chi connectivity index (χ1n) is 11.9. The van der Waals surface area contributed by atoms with E-state index in [2.05, 4.69) is 48.0 Å². The first kappa shape index (κ1) is 23.3. The van der Waals surface area contributed by atoms with Crippen LogP contribution in [0, 0.1) is 13.8 Å². The lowest BCUT2D eigenvalue weighted by Crippen LogP contribution is -2.21. The van der Waals surface area contributed by atoms with E-state index in [4.69, 9.17) is 15.7 Å². The SMILES string of the molecule is Cc1cccc(C)c1/C=C/c1nc2c(N)nc(N3CCCC3)nc2n1-c1ccc(P(C)(C)=O)cc1. The first-order chi connectivity index (χ1) is 16.7. The molecule has 7 nitrogen and oxygen atoms in total. The number of anilines is 2. The molecule has 1 aliphatic heterocycles. The first-order valence-corrected chi connectivity index (χ1v) is 14.5. The predicted molar refractivity (Wildman–Crippen MR) is 146 cm³/mol. The summed E-state index contributed by atoms with van der Waals surface area (Å²) >= 11 is 0. The lowest BCUT2D eigenvalue weighted by molar-refractivity contribution is 0.588. The van der Waals surface area contributed by atoms with Crippen molar-refractivity contribution in [3.63, 3.8) is 0 Å². The van der Waals surface area contributed by atoms with Crippen LogP contribution < -0.4 is 15.9 Å². The van der Waals surface area contributed by atoms with Gasteiger partial charge >= 0.3 is 0 Å². The van der Waals surface area contributed by atoms with E-state index in [-0.39, 0.29) is 0 Å². The van der Waals surface area contributed by atoms with Gasteiger partial charge in [-0.2, -0.15) is 9.97 Å². The Kier molecular flexibility index (Phi) is 5.97. The third kappa shape index (κ3) is 4.48. The zero-order valence-corrected chi connectivity index (χ0v) is 21.6. The van der Waals surface area contributed by atoms with Gasteiger partial charge in [-0.3, -0.25) is 4.57 Å². The molecule has 2 N–H and O–H groups in total. The predicted octanol–water partition coefficient (Wildman–Crippen LogP) is 5.03. The lowest BCUT2D eigenvalue weighted by atomic mass is 10.0. The summed E-state index contributed by atoms with van der Waals surface area (Å²) in [5.74, 6) is 1.73. The summed E-state index contributed by atoms with van der Waals surface area (Å²) in [5, 5.41) is 0.838. The van der Waals surface area contributed by atoms with Gasteiger partial charge in [0.25, 0.3) is 0 Å². The van der Waals surface area contributed by atoms with Crippen LogP contribution in [-0.4, -0.2) is 45.9 Å². The summed E-state index contributed by atoms with van der Waals surface area (Å²) in [5.41, 5.74) is 12.1. The van der Waals surface area contributed by atoms with Crippen LogP contribution in [-0.2, 0) is 4.57 Å². The zero-order valence-electron chi connectivity index (χ0n) is 20.7. The fourth-order valence-electron chi connectivity index (χ4n) is 4.62. The van der Waals surface area contributed by atoms with Crippen LogP contribution in [0.25, 0.3) is 29.0 Å². The van der Waals surface area contributed by atoms with E-state index in [1.54, 1.807) is 13.3 Å². The van der Waals surface area contributed by atoms with Crippen molar-refractivity contribution in [1.82, 2.24) is 19.5 Å². The van der Waals surface area contributed by atoms with Crippen LogP contribution in [0.3, 0.4) is 0 Å². The smallest absolute Gasteiger partial charge is 0.229 e. The van der Waals surface area contributed by atoms with Crippen molar-refractivity contribution in [3.8, 4) is 5.69 Å². The van der Waals surface area contributed by atoms with Gasteiger partial charge in [0, 0.05) is 24.1 Å². The van der Waals surface area contributed by atoms with Crippen LogP contribution in [0.1, 0.15) is 35.4 Å². The summed E-state index contributed by atoms with van der Waals surface area (Å²) < 4.78 is 14.6. The fraction of sp³-hybridized carbons (Fsp3) is 0.296. The topological polar surface area (TPSA) is 89.9 Å². The van der Waals surface area contributed by atoms with Crippen LogP contribution in [0.2, 0.25) is 0 Å². The molecular formula is C27H31N6OP. The van der Waals surface area contributed by atoms with Crippen LogP contribution in [0.15, 0.2) is 42.5 Å². The maximum absolute atomic E-state index is 12.6. The summed E-state index contributed by atoms with van der Waals surface area (Å²) in [6.45, 7) is 9.62. The van der Waals surface area contributed by atoms with E-state index >= 15 is 0 Å². The number of fused-ring (bicyclic) bond motifs is 1. The van der Waals surface area contributed by atoms with Gasteiger partial charge in [-0.15, -0.1) is 0 Å². The molecule has 0 aliphatic carbocycles. The second kappa shape index (κ2) is 8.97. The highest BCUT2D eigenvalue weighted by molar-refractivity contribution is 7.70. The van der Waals surface area contributed by atoms with Crippen LogP contribution in [0.5, 0.6) is 0 Å². The Balaban J connectivity index is 1.70. The monoisotopic (exact) mass is 486 g/mol. The van der Waals surface area contributed by atoms with Gasteiger partial charge in [0.15, 0.2) is 17.0 Å². The molecule has 1 saturated heterocycles. The number of nitrogens with zero attached hydrogens (tertiary/aromatic N) is 5. The van der Waals surface area contributed by atoms with E-state index in [1.165, 1.54) is 11.1 Å². The molecule has 0 spiro atoms. The minimum absolute atomic E-state index is 0.376. The van der Waals surface area contributed by atoms with Crippen molar-refractivity contribution in [2.24, 2.45) is 0 Å². The minimum atomic E-state index is -2.36. The molecule has 0 bridgehead atoms. The van der Waals surface area contributed by atoms with Crippen molar-refractivity contribution in [1.29, 1.82) is 0 Å². The zero-order chi connectivity index (χ0) is 24.7. The molecule has 0 saturated carbocycles. The van der Waals surface area contributed by atoms with Crippen molar-refractivity contribution >= 4 is 47.5 Å². The number of imidazole rings is 1.